The largest absolute Gasteiger partial charge is 0.391 e. The number of piperidine rings is 1. The van der Waals surface area contributed by atoms with E-state index in [9.17, 15) is 8.42 Å². The lowest BCUT2D eigenvalue weighted by atomic mass is 9.94. The van der Waals surface area contributed by atoms with Crippen LogP contribution >= 0.6 is 11.3 Å². The number of aliphatic hydroxyl groups excluding tert-OH is 1. The molecule has 0 amide bonds. The molecule has 1 aromatic heterocycles. The minimum Gasteiger partial charge on any atom is -0.391 e. The van der Waals surface area contributed by atoms with Crippen LogP contribution in [0.1, 0.15) is 31.6 Å². The second kappa shape index (κ2) is 5.28. The Kier molecular flexibility index (Phi) is 4.11. The standard InChI is InChI=1S/C12H19NO3S2/c1-9-4-3-5-13(10(9)2)18(15,16)12-6-11(7-14)17-8-12/h6,8-10,14H,3-5,7H2,1-2H3. The number of sulfonamides is 1. The van der Waals surface area contributed by atoms with Gasteiger partial charge in [0.15, 0.2) is 0 Å². The molecule has 0 saturated carbocycles. The molecule has 1 fully saturated rings. The Hall–Kier alpha value is -0.430. The van der Waals surface area contributed by atoms with Gasteiger partial charge in [0.05, 0.1) is 11.5 Å². The van der Waals surface area contributed by atoms with Crippen LogP contribution in [0.25, 0.3) is 0 Å². The lowest BCUT2D eigenvalue weighted by Crippen LogP contribution is -2.45. The topological polar surface area (TPSA) is 57.6 Å². The van der Waals surface area contributed by atoms with Crippen molar-refractivity contribution in [3.63, 3.8) is 0 Å². The van der Waals surface area contributed by atoms with Crippen LogP contribution < -0.4 is 0 Å². The Bertz CT molecular complexity index is 509. The van der Waals surface area contributed by atoms with Gasteiger partial charge < -0.3 is 5.11 Å². The molecule has 0 aliphatic carbocycles. The molecule has 2 atom stereocenters. The highest BCUT2D eigenvalue weighted by molar-refractivity contribution is 7.89. The van der Waals surface area contributed by atoms with Crippen LogP contribution in [-0.2, 0) is 16.6 Å². The van der Waals surface area contributed by atoms with Crippen LogP contribution in [0.15, 0.2) is 16.3 Å². The molecule has 0 radical (unpaired) electrons. The fourth-order valence-electron chi connectivity index (χ4n) is 2.35. The Labute approximate surface area is 112 Å². The van der Waals surface area contributed by atoms with Crippen LogP contribution in [0.2, 0.25) is 0 Å². The highest BCUT2D eigenvalue weighted by Crippen LogP contribution is 2.30. The highest BCUT2D eigenvalue weighted by Gasteiger charge is 2.34. The first-order chi connectivity index (χ1) is 8.46. The van der Waals surface area contributed by atoms with Crippen molar-refractivity contribution >= 4 is 21.4 Å². The lowest BCUT2D eigenvalue weighted by molar-refractivity contribution is 0.202. The third-order valence-electron chi connectivity index (χ3n) is 3.71. The second-order valence-electron chi connectivity index (χ2n) is 4.88. The summed E-state index contributed by atoms with van der Waals surface area (Å²) >= 11 is 1.29. The van der Waals surface area contributed by atoms with Crippen molar-refractivity contribution < 1.29 is 13.5 Å². The minimum absolute atomic E-state index is 0.0428. The minimum atomic E-state index is -3.40. The number of aliphatic hydroxyl groups is 1. The third-order valence-corrected chi connectivity index (χ3v) is 6.74. The quantitative estimate of drug-likeness (QED) is 0.926. The molecular weight excluding hydrogens is 270 g/mol. The van der Waals surface area contributed by atoms with Crippen LogP contribution in [0.5, 0.6) is 0 Å². The molecule has 1 saturated heterocycles. The molecule has 0 bridgehead atoms. The number of hydrogen-bond acceptors (Lipinski definition) is 4. The molecule has 102 valence electrons. The number of nitrogens with zero attached hydrogens (tertiary/aromatic N) is 1. The van der Waals surface area contributed by atoms with Gasteiger partial charge in [-0.3, -0.25) is 0 Å². The lowest BCUT2D eigenvalue weighted by Gasteiger charge is -2.36. The molecule has 4 nitrogen and oxygen atoms in total. The number of hydrogen-bond donors (Lipinski definition) is 1. The summed E-state index contributed by atoms with van der Waals surface area (Å²) in [5, 5.41) is 10.6. The van der Waals surface area contributed by atoms with Crippen molar-refractivity contribution in [2.45, 2.75) is 44.2 Å². The molecule has 1 N–H and O–H groups in total. The van der Waals surface area contributed by atoms with Crippen molar-refractivity contribution in [2.24, 2.45) is 5.92 Å². The summed E-state index contributed by atoms with van der Waals surface area (Å²) in [5.74, 6) is 0.393. The summed E-state index contributed by atoms with van der Waals surface area (Å²) in [4.78, 5) is 1.00. The summed E-state index contributed by atoms with van der Waals surface area (Å²) in [7, 11) is -3.40. The third kappa shape index (κ3) is 2.47. The Morgan fingerprint density at radius 1 is 1.50 bits per heavy atom. The van der Waals surface area contributed by atoms with Gasteiger partial charge in [-0.25, -0.2) is 8.42 Å². The van der Waals surface area contributed by atoms with E-state index in [0.717, 1.165) is 12.8 Å². The Balaban J connectivity index is 2.30. The van der Waals surface area contributed by atoms with Crippen molar-refractivity contribution in [1.82, 2.24) is 4.31 Å². The molecule has 1 aliphatic rings. The monoisotopic (exact) mass is 289 g/mol. The predicted molar refractivity (Wildman–Crippen MR) is 72.0 cm³/mol. The van der Waals surface area contributed by atoms with E-state index in [2.05, 4.69) is 6.92 Å². The molecule has 2 heterocycles. The average Bonchev–Trinajstić information content (AvgIpc) is 2.81. The van der Waals surface area contributed by atoms with Gasteiger partial charge in [0.25, 0.3) is 0 Å². The zero-order valence-corrected chi connectivity index (χ0v) is 12.3. The first-order valence-corrected chi connectivity index (χ1v) is 8.49. The van der Waals surface area contributed by atoms with Crippen LogP contribution in [0, 0.1) is 5.92 Å². The first kappa shape index (κ1) is 14.0. The van der Waals surface area contributed by atoms with Crippen LogP contribution in [0.3, 0.4) is 0 Å². The van der Waals surface area contributed by atoms with Gasteiger partial charge in [-0.05, 0) is 31.7 Å². The maximum atomic E-state index is 12.5. The molecule has 1 aliphatic heterocycles. The van der Waals surface area contributed by atoms with Gasteiger partial charge in [-0.1, -0.05) is 6.92 Å². The fraction of sp³-hybridized carbons (Fsp3) is 0.667. The predicted octanol–water partition coefficient (Wildman–Crippen LogP) is 2.05. The summed E-state index contributed by atoms with van der Waals surface area (Å²) < 4.78 is 26.6. The zero-order valence-electron chi connectivity index (χ0n) is 10.7. The maximum absolute atomic E-state index is 12.5. The van der Waals surface area contributed by atoms with E-state index >= 15 is 0 Å². The van der Waals surface area contributed by atoms with Crippen molar-refractivity contribution in [2.75, 3.05) is 6.54 Å². The van der Waals surface area contributed by atoms with E-state index in [0.29, 0.717) is 22.2 Å². The summed E-state index contributed by atoms with van der Waals surface area (Å²) in [6.45, 7) is 4.56. The summed E-state index contributed by atoms with van der Waals surface area (Å²) in [6, 6.07) is 1.62. The summed E-state index contributed by atoms with van der Waals surface area (Å²) in [6.07, 6.45) is 2.00. The molecule has 2 unspecified atom stereocenters. The van der Waals surface area contributed by atoms with Crippen LogP contribution in [-0.4, -0.2) is 30.4 Å². The van der Waals surface area contributed by atoms with Crippen molar-refractivity contribution in [3.8, 4) is 0 Å². The zero-order chi connectivity index (χ0) is 13.3. The Morgan fingerprint density at radius 2 is 2.22 bits per heavy atom. The number of rotatable bonds is 3. The molecule has 1 aromatic rings. The van der Waals surface area contributed by atoms with Gasteiger partial charge in [-0.2, -0.15) is 4.31 Å². The Morgan fingerprint density at radius 3 is 2.83 bits per heavy atom. The van der Waals surface area contributed by atoms with Crippen LogP contribution in [0.4, 0.5) is 0 Å². The second-order valence-corrected chi connectivity index (χ2v) is 7.77. The van der Waals surface area contributed by atoms with Gasteiger partial charge >= 0.3 is 0 Å². The first-order valence-electron chi connectivity index (χ1n) is 6.17. The van der Waals surface area contributed by atoms with E-state index in [1.165, 1.54) is 11.3 Å². The van der Waals surface area contributed by atoms with Gasteiger partial charge in [0.1, 0.15) is 0 Å². The molecular formula is C12H19NO3S2. The number of thiophene rings is 1. The van der Waals surface area contributed by atoms with Crippen molar-refractivity contribution in [3.05, 3.63) is 16.3 Å². The van der Waals surface area contributed by atoms with Crippen molar-refractivity contribution in [1.29, 1.82) is 0 Å². The van der Waals surface area contributed by atoms with Gasteiger partial charge in [0.2, 0.25) is 10.0 Å². The highest BCUT2D eigenvalue weighted by atomic mass is 32.2. The SMILES string of the molecule is CC1CCCN(S(=O)(=O)c2csc(CO)c2)C1C. The normalized spacial score (nSPS) is 26.4. The smallest absolute Gasteiger partial charge is 0.244 e. The van der Waals surface area contributed by atoms with E-state index in [4.69, 9.17) is 5.11 Å². The average molecular weight is 289 g/mol. The molecule has 0 aromatic carbocycles. The van der Waals surface area contributed by atoms with E-state index in [1.54, 1.807) is 15.8 Å². The maximum Gasteiger partial charge on any atom is 0.244 e. The van der Waals surface area contributed by atoms with Gasteiger partial charge in [-0.15, -0.1) is 11.3 Å². The van der Waals surface area contributed by atoms with Gasteiger partial charge in [0, 0.05) is 22.8 Å². The van der Waals surface area contributed by atoms with E-state index in [1.807, 2.05) is 6.92 Å². The van der Waals surface area contributed by atoms with E-state index < -0.39 is 10.0 Å². The molecule has 2 rings (SSSR count). The van der Waals surface area contributed by atoms with E-state index in [-0.39, 0.29) is 12.6 Å². The molecule has 6 heteroatoms. The fourth-order valence-corrected chi connectivity index (χ4v) is 5.24. The summed E-state index contributed by atoms with van der Waals surface area (Å²) in [5.41, 5.74) is 0. The molecule has 0 spiro atoms. The molecule has 18 heavy (non-hydrogen) atoms.